The smallest absolute Gasteiger partial charge is 0.243 e. The Bertz CT molecular complexity index is 904. The number of nitrogens with zero attached hydrogens (tertiary/aromatic N) is 1. The molecule has 1 saturated heterocycles. The summed E-state index contributed by atoms with van der Waals surface area (Å²) in [5.74, 6) is -1.28. The lowest BCUT2D eigenvalue weighted by atomic mass is 9.98. The largest absolute Gasteiger partial charge is 0.387 e. The summed E-state index contributed by atoms with van der Waals surface area (Å²) in [5, 5.41) is 12.9. The molecule has 150 valence electrons. The van der Waals surface area contributed by atoms with Crippen LogP contribution in [0.3, 0.4) is 0 Å². The molecule has 1 aliphatic heterocycles. The molecule has 1 heterocycles. The number of nitrogens with one attached hydrogen (secondary N) is 1. The summed E-state index contributed by atoms with van der Waals surface area (Å²) in [6.45, 7) is 0.438. The zero-order chi connectivity index (χ0) is 20.1. The molecule has 0 spiro atoms. The third-order valence-corrected chi connectivity index (χ3v) is 6.74. The van der Waals surface area contributed by atoms with Crippen molar-refractivity contribution < 1.29 is 22.7 Å². The van der Waals surface area contributed by atoms with E-state index in [2.05, 4.69) is 5.32 Å². The van der Waals surface area contributed by atoms with Crippen molar-refractivity contribution in [2.24, 2.45) is 5.92 Å². The minimum Gasteiger partial charge on any atom is -0.387 e. The van der Waals surface area contributed by atoms with Gasteiger partial charge in [-0.2, -0.15) is 4.31 Å². The van der Waals surface area contributed by atoms with E-state index in [4.69, 9.17) is 0 Å². The molecule has 1 aliphatic rings. The molecule has 0 unspecified atom stereocenters. The third-order valence-electron chi connectivity index (χ3n) is 4.86. The van der Waals surface area contributed by atoms with Crippen LogP contribution in [0.1, 0.15) is 24.5 Å². The zero-order valence-electron chi connectivity index (χ0n) is 15.3. The molecule has 2 aromatic carbocycles. The van der Waals surface area contributed by atoms with E-state index in [1.807, 2.05) is 6.07 Å². The van der Waals surface area contributed by atoms with Crippen LogP contribution in [0.25, 0.3) is 0 Å². The van der Waals surface area contributed by atoms with Gasteiger partial charge in [-0.25, -0.2) is 12.8 Å². The maximum absolute atomic E-state index is 13.1. The number of piperidine rings is 1. The monoisotopic (exact) mass is 406 g/mol. The van der Waals surface area contributed by atoms with Gasteiger partial charge in [-0.05, 0) is 42.7 Å². The van der Waals surface area contributed by atoms with Gasteiger partial charge in [-0.1, -0.05) is 30.3 Å². The normalized spacial score (nSPS) is 19.1. The van der Waals surface area contributed by atoms with Crippen molar-refractivity contribution in [3.63, 3.8) is 0 Å². The van der Waals surface area contributed by atoms with Crippen LogP contribution in [0.4, 0.5) is 4.39 Å². The van der Waals surface area contributed by atoms with Crippen LogP contribution in [-0.4, -0.2) is 43.4 Å². The highest BCUT2D eigenvalue weighted by molar-refractivity contribution is 7.89. The first kappa shape index (κ1) is 20.4. The molecule has 6 nitrogen and oxygen atoms in total. The molecule has 0 saturated carbocycles. The number of benzene rings is 2. The van der Waals surface area contributed by atoms with Crippen LogP contribution in [-0.2, 0) is 14.8 Å². The number of carbonyl (C=O) groups excluding carboxylic acids is 1. The van der Waals surface area contributed by atoms with E-state index in [1.54, 1.807) is 24.3 Å². The zero-order valence-corrected chi connectivity index (χ0v) is 16.1. The van der Waals surface area contributed by atoms with Crippen molar-refractivity contribution in [3.8, 4) is 0 Å². The molecule has 0 aliphatic carbocycles. The van der Waals surface area contributed by atoms with Gasteiger partial charge in [0.25, 0.3) is 0 Å². The Morgan fingerprint density at radius 2 is 1.86 bits per heavy atom. The van der Waals surface area contributed by atoms with Gasteiger partial charge in [0.2, 0.25) is 15.9 Å². The third kappa shape index (κ3) is 4.76. The minimum absolute atomic E-state index is 0.00876. The number of rotatable bonds is 6. The first-order valence-corrected chi connectivity index (χ1v) is 10.6. The Balaban J connectivity index is 1.61. The second kappa shape index (κ2) is 8.81. The van der Waals surface area contributed by atoms with Crippen molar-refractivity contribution in [1.82, 2.24) is 9.62 Å². The molecule has 0 radical (unpaired) electrons. The standard InChI is InChI=1S/C20H23FN2O4S/c21-17-8-10-18(11-9-17)28(26,27)23-12-4-7-16(14-23)20(25)22-13-19(24)15-5-2-1-3-6-15/h1-3,5-6,8-11,16,19,24H,4,7,12-14H2,(H,22,25)/t16-,19-/m0/s1. The van der Waals surface area contributed by atoms with Crippen molar-refractivity contribution in [1.29, 1.82) is 0 Å². The van der Waals surface area contributed by atoms with Crippen molar-refractivity contribution in [3.05, 3.63) is 66.0 Å². The van der Waals surface area contributed by atoms with Crippen LogP contribution in [0.5, 0.6) is 0 Å². The number of sulfonamides is 1. The van der Waals surface area contributed by atoms with Crippen LogP contribution >= 0.6 is 0 Å². The van der Waals surface area contributed by atoms with E-state index in [0.717, 1.165) is 12.1 Å². The van der Waals surface area contributed by atoms with Gasteiger partial charge in [0, 0.05) is 19.6 Å². The first-order valence-electron chi connectivity index (χ1n) is 9.14. The fourth-order valence-corrected chi connectivity index (χ4v) is 4.79. The quantitative estimate of drug-likeness (QED) is 0.769. The molecule has 28 heavy (non-hydrogen) atoms. The van der Waals surface area contributed by atoms with Crippen LogP contribution in [0, 0.1) is 11.7 Å². The van der Waals surface area contributed by atoms with Crippen LogP contribution < -0.4 is 5.32 Å². The summed E-state index contributed by atoms with van der Waals surface area (Å²) < 4.78 is 39.8. The predicted octanol–water partition coefficient (Wildman–Crippen LogP) is 2.08. The maximum Gasteiger partial charge on any atom is 0.243 e. The lowest BCUT2D eigenvalue weighted by Gasteiger charge is -2.31. The molecule has 1 amide bonds. The summed E-state index contributed by atoms with van der Waals surface area (Å²) in [4.78, 5) is 12.5. The number of hydrogen-bond acceptors (Lipinski definition) is 4. The van der Waals surface area contributed by atoms with E-state index in [9.17, 15) is 22.7 Å². The Labute approximate surface area is 164 Å². The highest BCUT2D eigenvalue weighted by Gasteiger charge is 2.33. The SMILES string of the molecule is O=C(NC[C@H](O)c1ccccc1)[C@H]1CCCN(S(=O)(=O)c2ccc(F)cc2)C1. The second-order valence-electron chi connectivity index (χ2n) is 6.83. The van der Waals surface area contributed by atoms with Gasteiger partial charge in [-0.3, -0.25) is 4.79 Å². The second-order valence-corrected chi connectivity index (χ2v) is 8.77. The maximum atomic E-state index is 13.1. The van der Waals surface area contributed by atoms with Crippen LogP contribution in [0.15, 0.2) is 59.5 Å². The Kier molecular flexibility index (Phi) is 6.43. The number of hydrogen-bond donors (Lipinski definition) is 2. The minimum atomic E-state index is -3.78. The number of amides is 1. The van der Waals surface area contributed by atoms with E-state index in [1.165, 1.54) is 16.4 Å². The number of carbonyl (C=O) groups is 1. The van der Waals surface area contributed by atoms with Gasteiger partial charge in [0.1, 0.15) is 5.82 Å². The van der Waals surface area contributed by atoms with Gasteiger partial charge < -0.3 is 10.4 Å². The highest BCUT2D eigenvalue weighted by atomic mass is 32.2. The fourth-order valence-electron chi connectivity index (χ4n) is 3.27. The lowest BCUT2D eigenvalue weighted by molar-refractivity contribution is -0.126. The molecule has 3 rings (SSSR count). The topological polar surface area (TPSA) is 86.7 Å². The van der Waals surface area contributed by atoms with E-state index >= 15 is 0 Å². The summed E-state index contributed by atoms with van der Waals surface area (Å²) in [6, 6.07) is 13.7. The van der Waals surface area contributed by atoms with Crippen molar-refractivity contribution in [2.75, 3.05) is 19.6 Å². The summed E-state index contributed by atoms with van der Waals surface area (Å²) >= 11 is 0. The molecule has 2 atom stereocenters. The van der Waals surface area contributed by atoms with Gasteiger partial charge in [0.15, 0.2) is 0 Å². The first-order chi connectivity index (χ1) is 13.4. The number of aliphatic hydroxyl groups excluding tert-OH is 1. The number of aliphatic hydroxyl groups is 1. The molecular weight excluding hydrogens is 383 g/mol. The van der Waals surface area contributed by atoms with Crippen molar-refractivity contribution >= 4 is 15.9 Å². The molecule has 0 bridgehead atoms. The molecule has 2 N–H and O–H groups in total. The predicted molar refractivity (Wildman–Crippen MR) is 102 cm³/mol. The fraction of sp³-hybridized carbons (Fsp3) is 0.350. The average molecular weight is 406 g/mol. The average Bonchev–Trinajstić information content (AvgIpc) is 2.72. The van der Waals surface area contributed by atoms with Crippen LogP contribution in [0.2, 0.25) is 0 Å². The molecular formula is C20H23FN2O4S. The Hall–Kier alpha value is -2.29. The van der Waals surface area contributed by atoms with E-state index < -0.39 is 27.9 Å². The van der Waals surface area contributed by atoms with Gasteiger partial charge in [0.05, 0.1) is 16.9 Å². The number of halogens is 1. The summed E-state index contributed by atoms with van der Waals surface area (Å²) in [7, 11) is -3.78. The van der Waals surface area contributed by atoms with E-state index in [0.29, 0.717) is 24.9 Å². The summed E-state index contributed by atoms with van der Waals surface area (Å²) in [6.07, 6.45) is 0.301. The van der Waals surface area contributed by atoms with E-state index in [-0.39, 0.29) is 23.9 Å². The molecule has 8 heteroatoms. The van der Waals surface area contributed by atoms with Gasteiger partial charge in [-0.15, -0.1) is 0 Å². The van der Waals surface area contributed by atoms with Crippen molar-refractivity contribution in [2.45, 2.75) is 23.8 Å². The Morgan fingerprint density at radius 3 is 2.54 bits per heavy atom. The molecule has 2 aromatic rings. The molecule has 1 fully saturated rings. The highest BCUT2D eigenvalue weighted by Crippen LogP contribution is 2.24. The summed E-state index contributed by atoms with van der Waals surface area (Å²) in [5.41, 5.74) is 0.701. The molecule has 0 aromatic heterocycles. The Morgan fingerprint density at radius 1 is 1.18 bits per heavy atom. The van der Waals surface area contributed by atoms with Gasteiger partial charge >= 0.3 is 0 Å². The lowest BCUT2D eigenvalue weighted by Crippen LogP contribution is -2.46.